The molecule has 17 heavy (non-hydrogen) atoms. The molecule has 0 fully saturated rings. The van der Waals surface area contributed by atoms with E-state index in [1.54, 1.807) is 23.9 Å². The van der Waals surface area contributed by atoms with Crippen LogP contribution in [0.3, 0.4) is 0 Å². The number of hydrogen-bond acceptors (Lipinski definition) is 1. The van der Waals surface area contributed by atoms with Crippen LogP contribution in [0, 0.1) is 5.82 Å². The first-order valence-electron chi connectivity index (χ1n) is 5.76. The van der Waals surface area contributed by atoms with Gasteiger partial charge in [-0.05, 0) is 28.8 Å². The molecule has 0 radical (unpaired) electrons. The predicted octanol–water partition coefficient (Wildman–Crippen LogP) is 4.58. The van der Waals surface area contributed by atoms with Gasteiger partial charge in [-0.2, -0.15) is 0 Å². The molecular weight excluding hydrogens is 231 g/mol. The summed E-state index contributed by atoms with van der Waals surface area (Å²) in [6.45, 7) is 2.09. The van der Waals surface area contributed by atoms with E-state index in [2.05, 4.69) is 19.1 Å². The molecule has 0 N–H and O–H groups in total. The minimum absolute atomic E-state index is 0.0766. The maximum absolute atomic E-state index is 14.0. The third-order valence-corrected chi connectivity index (χ3v) is 4.48. The smallest absolute Gasteiger partial charge is 0.127 e. The number of fused-ring (bicyclic) bond motifs is 2. The minimum atomic E-state index is -0.0766. The number of halogens is 1. The van der Waals surface area contributed by atoms with Gasteiger partial charge in [0, 0.05) is 16.6 Å². The Bertz CT molecular complexity index is 563. The summed E-state index contributed by atoms with van der Waals surface area (Å²) in [4.78, 5) is 1.27. The average molecular weight is 244 g/mol. The van der Waals surface area contributed by atoms with Crippen LogP contribution in [0.5, 0.6) is 0 Å². The van der Waals surface area contributed by atoms with E-state index >= 15 is 0 Å². The lowest BCUT2D eigenvalue weighted by Gasteiger charge is -2.15. The average Bonchev–Trinajstić information content (AvgIpc) is 2.49. The van der Waals surface area contributed by atoms with Crippen LogP contribution >= 0.6 is 11.8 Å². The van der Waals surface area contributed by atoms with Crippen molar-refractivity contribution in [2.45, 2.75) is 23.5 Å². The van der Waals surface area contributed by atoms with Gasteiger partial charge in [0.05, 0.1) is 0 Å². The molecule has 0 aromatic heterocycles. The fourth-order valence-electron chi connectivity index (χ4n) is 2.47. The van der Waals surface area contributed by atoms with E-state index in [0.29, 0.717) is 0 Å². The van der Waals surface area contributed by atoms with Gasteiger partial charge in [-0.15, -0.1) is 11.8 Å². The molecule has 0 amide bonds. The van der Waals surface area contributed by atoms with E-state index < -0.39 is 0 Å². The van der Waals surface area contributed by atoms with Gasteiger partial charge in [-0.1, -0.05) is 37.3 Å². The fourth-order valence-corrected chi connectivity index (χ4v) is 3.62. The van der Waals surface area contributed by atoms with Gasteiger partial charge in [-0.25, -0.2) is 4.39 Å². The Morgan fingerprint density at radius 2 is 1.94 bits per heavy atom. The van der Waals surface area contributed by atoms with Crippen LogP contribution in [0.1, 0.15) is 29.5 Å². The van der Waals surface area contributed by atoms with Gasteiger partial charge in [0.2, 0.25) is 0 Å². The summed E-state index contributed by atoms with van der Waals surface area (Å²) in [6.07, 6.45) is 0. The molecule has 2 aromatic rings. The number of benzene rings is 2. The van der Waals surface area contributed by atoms with Crippen molar-refractivity contribution in [1.82, 2.24) is 0 Å². The normalized spacial score (nSPS) is 18.1. The van der Waals surface area contributed by atoms with Gasteiger partial charge in [0.25, 0.3) is 0 Å². The quantitative estimate of drug-likeness (QED) is 0.653. The zero-order chi connectivity index (χ0) is 11.8. The van der Waals surface area contributed by atoms with Crippen molar-refractivity contribution < 1.29 is 4.39 Å². The molecule has 0 spiro atoms. The van der Waals surface area contributed by atoms with Crippen LogP contribution in [0.25, 0.3) is 0 Å². The summed E-state index contributed by atoms with van der Waals surface area (Å²) < 4.78 is 14.0. The lowest BCUT2D eigenvalue weighted by atomic mass is 9.90. The molecule has 0 bridgehead atoms. The van der Waals surface area contributed by atoms with Crippen LogP contribution in [-0.4, -0.2) is 0 Å². The van der Waals surface area contributed by atoms with E-state index in [1.165, 1.54) is 10.5 Å². The van der Waals surface area contributed by atoms with E-state index in [0.717, 1.165) is 16.9 Å². The van der Waals surface area contributed by atoms with Crippen LogP contribution in [0.2, 0.25) is 0 Å². The van der Waals surface area contributed by atoms with E-state index in [1.807, 2.05) is 18.2 Å². The lowest BCUT2D eigenvalue weighted by molar-refractivity contribution is 0.600. The first-order valence-corrected chi connectivity index (χ1v) is 6.75. The van der Waals surface area contributed by atoms with Crippen molar-refractivity contribution in [3.05, 3.63) is 65.0 Å². The third-order valence-electron chi connectivity index (χ3n) is 3.34. The Kier molecular flexibility index (Phi) is 2.67. The highest BCUT2D eigenvalue weighted by atomic mass is 32.2. The van der Waals surface area contributed by atoms with Gasteiger partial charge >= 0.3 is 0 Å². The van der Waals surface area contributed by atoms with Crippen LogP contribution in [0.4, 0.5) is 4.39 Å². The Labute approximate surface area is 105 Å². The Morgan fingerprint density at radius 3 is 2.82 bits per heavy atom. The van der Waals surface area contributed by atoms with Crippen molar-refractivity contribution in [3.8, 4) is 0 Å². The van der Waals surface area contributed by atoms with Crippen LogP contribution < -0.4 is 0 Å². The molecule has 0 aliphatic carbocycles. The minimum Gasteiger partial charge on any atom is -0.207 e. The standard InChI is InChI=1S/C15H13FS/c1-10-12-6-2-3-8-14(12)17-9-11-5-4-7-13(16)15(10)11/h2-8,10H,9H2,1H3/t10-/m1/s1. The summed E-state index contributed by atoms with van der Waals surface area (Å²) in [5.74, 6) is 0.916. The Balaban J connectivity index is 2.22. The van der Waals surface area contributed by atoms with Crippen LogP contribution in [0.15, 0.2) is 47.4 Å². The largest absolute Gasteiger partial charge is 0.207 e. The maximum atomic E-state index is 14.0. The Morgan fingerprint density at radius 1 is 1.12 bits per heavy atom. The monoisotopic (exact) mass is 244 g/mol. The molecular formula is C15H13FS. The fraction of sp³-hybridized carbons (Fsp3) is 0.200. The number of rotatable bonds is 0. The Hall–Kier alpha value is -1.28. The van der Waals surface area contributed by atoms with E-state index in [-0.39, 0.29) is 11.7 Å². The van der Waals surface area contributed by atoms with Gasteiger partial charge in [0.1, 0.15) is 5.82 Å². The second-order valence-corrected chi connectivity index (χ2v) is 5.38. The SMILES string of the molecule is C[C@@H]1c2ccccc2SCc2cccc(F)c21. The topological polar surface area (TPSA) is 0 Å². The van der Waals surface area contributed by atoms with Gasteiger partial charge in [0.15, 0.2) is 0 Å². The lowest BCUT2D eigenvalue weighted by Crippen LogP contribution is -2.02. The molecule has 1 aliphatic heterocycles. The van der Waals surface area contributed by atoms with Gasteiger partial charge < -0.3 is 0 Å². The summed E-state index contributed by atoms with van der Waals surface area (Å²) in [6, 6.07) is 13.7. The second-order valence-electron chi connectivity index (χ2n) is 4.36. The first kappa shape index (κ1) is 10.8. The van der Waals surface area contributed by atoms with Crippen LogP contribution in [-0.2, 0) is 5.75 Å². The zero-order valence-corrected chi connectivity index (χ0v) is 10.4. The molecule has 1 aliphatic rings. The molecule has 0 nitrogen and oxygen atoms in total. The van der Waals surface area contributed by atoms with E-state index in [4.69, 9.17) is 0 Å². The summed E-state index contributed by atoms with van der Waals surface area (Å²) >= 11 is 1.80. The molecule has 1 atom stereocenters. The first-order chi connectivity index (χ1) is 8.27. The van der Waals surface area contributed by atoms with E-state index in [9.17, 15) is 4.39 Å². The van der Waals surface area contributed by atoms with Crippen molar-refractivity contribution in [2.75, 3.05) is 0 Å². The molecule has 1 heterocycles. The molecule has 3 rings (SSSR count). The molecule has 86 valence electrons. The van der Waals surface area contributed by atoms with Crippen molar-refractivity contribution in [3.63, 3.8) is 0 Å². The van der Waals surface area contributed by atoms with Crippen molar-refractivity contribution >= 4 is 11.8 Å². The van der Waals surface area contributed by atoms with Crippen molar-refractivity contribution in [2.24, 2.45) is 0 Å². The third kappa shape index (κ3) is 1.77. The highest BCUT2D eigenvalue weighted by Gasteiger charge is 2.22. The summed E-state index contributed by atoms with van der Waals surface area (Å²) in [7, 11) is 0. The zero-order valence-electron chi connectivity index (χ0n) is 9.61. The predicted molar refractivity (Wildman–Crippen MR) is 69.9 cm³/mol. The maximum Gasteiger partial charge on any atom is 0.127 e. The molecule has 2 heteroatoms. The van der Waals surface area contributed by atoms with Crippen molar-refractivity contribution in [1.29, 1.82) is 0 Å². The molecule has 0 saturated heterocycles. The summed E-state index contributed by atoms with van der Waals surface area (Å²) in [5.41, 5.74) is 3.23. The molecule has 2 aromatic carbocycles. The molecule has 0 saturated carbocycles. The number of hydrogen-bond donors (Lipinski definition) is 0. The highest BCUT2D eigenvalue weighted by Crippen LogP contribution is 2.40. The second kappa shape index (κ2) is 4.19. The molecule has 0 unspecified atom stereocenters. The summed E-state index contributed by atoms with van der Waals surface area (Å²) in [5, 5.41) is 0. The van der Waals surface area contributed by atoms with Gasteiger partial charge in [-0.3, -0.25) is 0 Å². The highest BCUT2D eigenvalue weighted by molar-refractivity contribution is 7.98. The number of thioether (sulfide) groups is 1.